The number of unbranched alkanes of at least 4 members (excludes halogenated alkanes) is 14. The molecule has 0 radical (unpaired) electrons. The largest absolute Gasteiger partial charge is 0.309 e. The predicted molar refractivity (Wildman–Crippen MR) is 158 cm³/mol. The van der Waals surface area contributed by atoms with E-state index in [0.29, 0.717) is 0 Å². The highest BCUT2D eigenvalue weighted by atomic mass is 15.1. The zero-order chi connectivity index (χ0) is 25.3. The van der Waals surface area contributed by atoms with E-state index in [1.807, 2.05) is 0 Å². The number of hydrogen-bond donors (Lipinski definition) is 0. The molecule has 0 bridgehead atoms. The molecule has 0 fully saturated rings. The molecule has 0 aliphatic heterocycles. The zero-order valence-corrected chi connectivity index (χ0v) is 25.1. The van der Waals surface area contributed by atoms with E-state index in [0.717, 1.165) is 17.8 Å². The van der Waals surface area contributed by atoms with E-state index in [-0.39, 0.29) is 0 Å². The Morgan fingerprint density at radius 1 is 0.412 bits per heavy atom. The first-order valence-corrected chi connectivity index (χ1v) is 16.2. The summed E-state index contributed by atoms with van der Waals surface area (Å²) in [6.07, 6.45) is 33.3. The van der Waals surface area contributed by atoms with Gasteiger partial charge in [-0.15, -0.1) is 0 Å². The summed E-state index contributed by atoms with van der Waals surface area (Å²) >= 11 is 0. The second-order valence-electron chi connectivity index (χ2n) is 12.0. The van der Waals surface area contributed by atoms with Gasteiger partial charge in [-0.2, -0.15) is 0 Å². The quantitative estimate of drug-likeness (QED) is 0.106. The Kier molecular flexibility index (Phi) is 26.0. The van der Waals surface area contributed by atoms with Crippen LogP contribution in [-0.4, -0.2) is 25.5 Å². The van der Waals surface area contributed by atoms with E-state index in [9.17, 15) is 0 Å². The first-order valence-electron chi connectivity index (χ1n) is 16.2. The van der Waals surface area contributed by atoms with Crippen molar-refractivity contribution in [3.63, 3.8) is 0 Å². The van der Waals surface area contributed by atoms with Gasteiger partial charge >= 0.3 is 0 Å². The summed E-state index contributed by atoms with van der Waals surface area (Å²) in [6, 6.07) is 0. The molecule has 0 aromatic rings. The van der Waals surface area contributed by atoms with Gasteiger partial charge in [0, 0.05) is 6.54 Å². The SMILES string of the molecule is CCCCCCCCCC(CCCCCCC)C(CC(CCCC)CCCCCC)CN(C)C. The number of rotatable bonds is 27. The Morgan fingerprint density at radius 3 is 1.26 bits per heavy atom. The summed E-state index contributed by atoms with van der Waals surface area (Å²) in [5.74, 6) is 2.84. The third kappa shape index (κ3) is 21.3. The Balaban J connectivity index is 5.00. The number of hydrogen-bond acceptors (Lipinski definition) is 1. The summed E-state index contributed by atoms with van der Waals surface area (Å²) in [4.78, 5) is 2.51. The van der Waals surface area contributed by atoms with Gasteiger partial charge in [0.1, 0.15) is 0 Å². The average molecular weight is 480 g/mol. The third-order valence-electron chi connectivity index (χ3n) is 8.19. The molecule has 0 saturated carbocycles. The van der Waals surface area contributed by atoms with Crippen LogP contribution in [0, 0.1) is 17.8 Å². The highest BCUT2D eigenvalue weighted by Gasteiger charge is 2.25. The molecule has 0 rings (SSSR count). The summed E-state index contributed by atoms with van der Waals surface area (Å²) in [5.41, 5.74) is 0. The minimum Gasteiger partial charge on any atom is -0.309 e. The lowest BCUT2D eigenvalue weighted by atomic mass is 9.76. The Morgan fingerprint density at radius 2 is 0.794 bits per heavy atom. The highest BCUT2D eigenvalue weighted by molar-refractivity contribution is 4.77. The van der Waals surface area contributed by atoms with Crippen LogP contribution in [0.3, 0.4) is 0 Å². The van der Waals surface area contributed by atoms with E-state index in [1.165, 1.54) is 154 Å². The molecule has 1 heteroatoms. The molecule has 0 amide bonds. The van der Waals surface area contributed by atoms with Crippen LogP contribution in [0.15, 0.2) is 0 Å². The Bertz CT molecular complexity index is 377. The average Bonchev–Trinajstić information content (AvgIpc) is 2.82. The Hall–Kier alpha value is -0.0400. The minimum absolute atomic E-state index is 0.911. The van der Waals surface area contributed by atoms with Crippen molar-refractivity contribution in [2.45, 2.75) is 175 Å². The molecule has 0 aromatic carbocycles. The van der Waals surface area contributed by atoms with Crippen LogP contribution in [-0.2, 0) is 0 Å². The van der Waals surface area contributed by atoms with Gasteiger partial charge in [-0.3, -0.25) is 0 Å². The second kappa shape index (κ2) is 26.0. The molecule has 0 spiro atoms. The molecule has 34 heavy (non-hydrogen) atoms. The van der Waals surface area contributed by atoms with E-state index in [2.05, 4.69) is 46.7 Å². The fourth-order valence-corrected chi connectivity index (χ4v) is 6.04. The van der Waals surface area contributed by atoms with Crippen LogP contribution in [0.4, 0.5) is 0 Å². The van der Waals surface area contributed by atoms with Crippen molar-refractivity contribution >= 4 is 0 Å². The standard InChI is InChI=1S/C33H69N/c1-7-11-15-18-19-21-24-28-32(27-23-20-16-12-8-2)33(30-34(5)6)29-31(25-14-10-4)26-22-17-13-9-3/h31-33H,7-30H2,1-6H3. The molecule has 1 nitrogen and oxygen atoms in total. The van der Waals surface area contributed by atoms with Crippen molar-refractivity contribution in [3.05, 3.63) is 0 Å². The van der Waals surface area contributed by atoms with Crippen molar-refractivity contribution < 1.29 is 0 Å². The predicted octanol–water partition coefficient (Wildman–Crippen LogP) is 11.4. The molecule has 0 saturated heterocycles. The van der Waals surface area contributed by atoms with Gasteiger partial charge in [0.15, 0.2) is 0 Å². The van der Waals surface area contributed by atoms with Crippen molar-refractivity contribution in [3.8, 4) is 0 Å². The van der Waals surface area contributed by atoms with Gasteiger partial charge in [-0.1, -0.05) is 169 Å². The maximum atomic E-state index is 2.51. The minimum atomic E-state index is 0.911. The van der Waals surface area contributed by atoms with Crippen LogP contribution in [0.5, 0.6) is 0 Å². The van der Waals surface area contributed by atoms with Gasteiger partial charge in [0.2, 0.25) is 0 Å². The molecule has 0 aliphatic carbocycles. The molecule has 0 N–H and O–H groups in total. The van der Waals surface area contributed by atoms with Crippen LogP contribution < -0.4 is 0 Å². The van der Waals surface area contributed by atoms with Gasteiger partial charge in [-0.25, -0.2) is 0 Å². The maximum absolute atomic E-state index is 2.51. The lowest BCUT2D eigenvalue weighted by molar-refractivity contribution is 0.173. The number of nitrogens with zero attached hydrogens (tertiary/aromatic N) is 1. The van der Waals surface area contributed by atoms with Gasteiger partial charge in [0.05, 0.1) is 0 Å². The van der Waals surface area contributed by atoms with Crippen molar-refractivity contribution in [1.29, 1.82) is 0 Å². The summed E-state index contributed by atoms with van der Waals surface area (Å²) in [7, 11) is 4.64. The molecular formula is C33H69N. The van der Waals surface area contributed by atoms with Crippen molar-refractivity contribution in [2.75, 3.05) is 20.6 Å². The van der Waals surface area contributed by atoms with E-state index >= 15 is 0 Å². The maximum Gasteiger partial charge on any atom is 0.000631 e. The summed E-state index contributed by atoms with van der Waals surface area (Å²) in [5, 5.41) is 0. The van der Waals surface area contributed by atoms with Crippen molar-refractivity contribution in [1.82, 2.24) is 4.90 Å². The lowest BCUT2D eigenvalue weighted by Crippen LogP contribution is -2.30. The molecular weight excluding hydrogens is 410 g/mol. The first kappa shape index (κ1) is 34.0. The molecule has 0 aromatic heterocycles. The smallest absolute Gasteiger partial charge is 0.000631 e. The van der Waals surface area contributed by atoms with Gasteiger partial charge < -0.3 is 4.90 Å². The normalized spacial score (nSPS) is 14.6. The van der Waals surface area contributed by atoms with E-state index in [1.54, 1.807) is 0 Å². The topological polar surface area (TPSA) is 3.24 Å². The lowest BCUT2D eigenvalue weighted by Gasteiger charge is -2.33. The van der Waals surface area contributed by atoms with Gasteiger partial charge in [0.25, 0.3) is 0 Å². The summed E-state index contributed by atoms with van der Waals surface area (Å²) < 4.78 is 0. The second-order valence-corrected chi connectivity index (χ2v) is 12.0. The monoisotopic (exact) mass is 480 g/mol. The Labute approximate surface area is 218 Å². The summed E-state index contributed by atoms with van der Waals surface area (Å²) in [6.45, 7) is 10.7. The first-order chi connectivity index (χ1) is 16.6. The van der Waals surface area contributed by atoms with Gasteiger partial charge in [-0.05, 0) is 38.3 Å². The molecule has 206 valence electrons. The van der Waals surface area contributed by atoms with Crippen LogP contribution in [0.25, 0.3) is 0 Å². The molecule has 0 heterocycles. The van der Waals surface area contributed by atoms with E-state index < -0.39 is 0 Å². The third-order valence-corrected chi connectivity index (χ3v) is 8.19. The zero-order valence-electron chi connectivity index (χ0n) is 25.1. The molecule has 3 atom stereocenters. The molecule has 0 aliphatic rings. The fraction of sp³-hybridized carbons (Fsp3) is 1.00. The van der Waals surface area contributed by atoms with Crippen molar-refractivity contribution in [2.24, 2.45) is 17.8 Å². The van der Waals surface area contributed by atoms with Crippen LogP contribution in [0.1, 0.15) is 175 Å². The van der Waals surface area contributed by atoms with Crippen LogP contribution in [0.2, 0.25) is 0 Å². The fourth-order valence-electron chi connectivity index (χ4n) is 6.04. The highest BCUT2D eigenvalue weighted by Crippen LogP contribution is 2.34. The van der Waals surface area contributed by atoms with E-state index in [4.69, 9.17) is 0 Å². The van der Waals surface area contributed by atoms with Crippen LogP contribution >= 0.6 is 0 Å². The molecule has 3 unspecified atom stereocenters.